The molecule has 6 heteroatoms. The maximum atomic E-state index is 5.99. The molecule has 1 aromatic carbocycles. The Balaban J connectivity index is 0.00000338. The van der Waals surface area contributed by atoms with Crippen LogP contribution < -0.4 is 10.6 Å². The van der Waals surface area contributed by atoms with E-state index in [0.717, 1.165) is 36.2 Å². The SMILES string of the molecule is CCNC(=NCC(C)(C)c1ccc(Cl)cc1)NCCc1ccccn1.I. The summed E-state index contributed by atoms with van der Waals surface area (Å²) < 4.78 is 0. The summed E-state index contributed by atoms with van der Waals surface area (Å²) in [5, 5.41) is 7.44. The van der Waals surface area contributed by atoms with Crippen molar-refractivity contribution in [3.05, 3.63) is 64.9 Å². The molecule has 2 aromatic rings. The van der Waals surface area contributed by atoms with Gasteiger partial charge in [-0.25, -0.2) is 0 Å². The highest BCUT2D eigenvalue weighted by Gasteiger charge is 2.20. The van der Waals surface area contributed by atoms with E-state index in [0.29, 0.717) is 6.54 Å². The van der Waals surface area contributed by atoms with Gasteiger partial charge in [-0.2, -0.15) is 0 Å². The standard InChI is InChI=1S/C20H27ClN4.HI/c1-4-22-19(24-14-12-18-7-5-6-13-23-18)25-15-20(2,3)16-8-10-17(21)11-9-16;/h5-11,13H,4,12,14-15H2,1-3H3,(H2,22,24,25);1H. The minimum Gasteiger partial charge on any atom is -0.357 e. The van der Waals surface area contributed by atoms with Crippen molar-refractivity contribution < 1.29 is 0 Å². The van der Waals surface area contributed by atoms with Crippen molar-refractivity contribution in [1.29, 1.82) is 0 Å². The fraction of sp³-hybridized carbons (Fsp3) is 0.400. The second-order valence-electron chi connectivity index (χ2n) is 6.58. The number of nitrogens with one attached hydrogen (secondary N) is 2. The molecule has 0 aliphatic carbocycles. The van der Waals surface area contributed by atoms with Crippen LogP contribution in [0.2, 0.25) is 5.02 Å². The summed E-state index contributed by atoms with van der Waals surface area (Å²) in [5.41, 5.74) is 2.24. The number of aromatic nitrogens is 1. The lowest BCUT2D eigenvalue weighted by Crippen LogP contribution is -2.39. The van der Waals surface area contributed by atoms with Crippen LogP contribution in [0.25, 0.3) is 0 Å². The summed E-state index contributed by atoms with van der Waals surface area (Å²) in [6, 6.07) is 14.0. The van der Waals surface area contributed by atoms with Crippen LogP contribution >= 0.6 is 35.6 Å². The molecular formula is C20H28ClIN4. The fourth-order valence-corrected chi connectivity index (χ4v) is 2.59. The van der Waals surface area contributed by atoms with E-state index in [4.69, 9.17) is 16.6 Å². The molecule has 0 unspecified atom stereocenters. The number of benzene rings is 1. The number of aliphatic imine (C=N–C) groups is 1. The highest BCUT2D eigenvalue weighted by molar-refractivity contribution is 14.0. The molecule has 0 aliphatic rings. The molecular weight excluding hydrogens is 459 g/mol. The number of rotatable bonds is 7. The Kier molecular flexibility index (Phi) is 9.94. The Labute approximate surface area is 178 Å². The topological polar surface area (TPSA) is 49.3 Å². The Bertz CT molecular complexity index is 672. The van der Waals surface area contributed by atoms with E-state index in [1.165, 1.54) is 5.56 Å². The van der Waals surface area contributed by atoms with E-state index in [9.17, 15) is 0 Å². The van der Waals surface area contributed by atoms with Gasteiger partial charge in [0.25, 0.3) is 0 Å². The van der Waals surface area contributed by atoms with Crippen LogP contribution in [0, 0.1) is 0 Å². The maximum absolute atomic E-state index is 5.99. The summed E-state index contributed by atoms with van der Waals surface area (Å²) in [6.45, 7) is 8.77. The molecule has 0 saturated heterocycles. The lowest BCUT2D eigenvalue weighted by Gasteiger charge is -2.24. The third-order valence-corrected chi connectivity index (χ3v) is 4.25. The molecule has 4 nitrogen and oxygen atoms in total. The van der Waals surface area contributed by atoms with E-state index in [1.807, 2.05) is 36.5 Å². The van der Waals surface area contributed by atoms with Crippen molar-refractivity contribution >= 4 is 41.5 Å². The molecule has 1 heterocycles. The molecule has 1 aromatic heterocycles. The molecule has 142 valence electrons. The quantitative estimate of drug-likeness (QED) is 0.346. The van der Waals surface area contributed by atoms with Crippen LogP contribution in [0.1, 0.15) is 32.0 Å². The van der Waals surface area contributed by atoms with Gasteiger partial charge in [0.05, 0.1) is 6.54 Å². The second kappa shape index (κ2) is 11.4. The van der Waals surface area contributed by atoms with E-state index in [2.05, 4.69) is 48.5 Å². The Morgan fingerprint density at radius 2 is 1.85 bits per heavy atom. The first-order chi connectivity index (χ1) is 12.0. The predicted molar refractivity (Wildman–Crippen MR) is 122 cm³/mol. The second-order valence-corrected chi connectivity index (χ2v) is 7.02. The normalized spacial score (nSPS) is 11.6. The Morgan fingerprint density at radius 3 is 2.46 bits per heavy atom. The molecule has 0 bridgehead atoms. The summed E-state index contributed by atoms with van der Waals surface area (Å²) >= 11 is 5.99. The van der Waals surface area contributed by atoms with E-state index in [1.54, 1.807) is 0 Å². The molecule has 2 rings (SSSR count). The molecule has 0 aliphatic heterocycles. The summed E-state index contributed by atoms with van der Waals surface area (Å²) in [4.78, 5) is 9.10. The highest BCUT2D eigenvalue weighted by atomic mass is 127. The largest absolute Gasteiger partial charge is 0.357 e. The van der Waals surface area contributed by atoms with Gasteiger partial charge < -0.3 is 10.6 Å². The number of nitrogens with zero attached hydrogens (tertiary/aromatic N) is 2. The first-order valence-electron chi connectivity index (χ1n) is 8.69. The number of pyridine rings is 1. The molecule has 0 amide bonds. The van der Waals surface area contributed by atoms with Gasteiger partial charge in [0.2, 0.25) is 0 Å². The molecule has 26 heavy (non-hydrogen) atoms. The van der Waals surface area contributed by atoms with E-state index >= 15 is 0 Å². The lowest BCUT2D eigenvalue weighted by atomic mass is 9.85. The van der Waals surface area contributed by atoms with Crippen molar-refractivity contribution in [2.24, 2.45) is 4.99 Å². The van der Waals surface area contributed by atoms with Crippen molar-refractivity contribution in [3.8, 4) is 0 Å². The number of hydrogen-bond donors (Lipinski definition) is 2. The number of halogens is 2. The highest BCUT2D eigenvalue weighted by Crippen LogP contribution is 2.24. The third-order valence-electron chi connectivity index (χ3n) is 4.00. The van der Waals surface area contributed by atoms with E-state index in [-0.39, 0.29) is 29.4 Å². The van der Waals surface area contributed by atoms with Crippen LogP contribution in [-0.4, -0.2) is 30.6 Å². The number of guanidine groups is 1. The van der Waals surface area contributed by atoms with E-state index < -0.39 is 0 Å². The van der Waals surface area contributed by atoms with Crippen LogP contribution in [0.3, 0.4) is 0 Å². The average molecular weight is 487 g/mol. The number of hydrogen-bond acceptors (Lipinski definition) is 2. The van der Waals surface area contributed by atoms with Gasteiger partial charge >= 0.3 is 0 Å². The van der Waals surface area contributed by atoms with Crippen molar-refractivity contribution in [2.45, 2.75) is 32.6 Å². The van der Waals surface area contributed by atoms with Gasteiger partial charge in [-0.05, 0) is 36.8 Å². The smallest absolute Gasteiger partial charge is 0.191 e. The van der Waals surface area contributed by atoms with Gasteiger partial charge in [-0.3, -0.25) is 9.98 Å². The maximum Gasteiger partial charge on any atom is 0.191 e. The van der Waals surface area contributed by atoms with Crippen molar-refractivity contribution in [2.75, 3.05) is 19.6 Å². The Morgan fingerprint density at radius 1 is 1.12 bits per heavy atom. The Hall–Kier alpha value is -1.34. The first kappa shape index (κ1) is 22.7. The molecule has 0 atom stereocenters. The lowest BCUT2D eigenvalue weighted by molar-refractivity contribution is 0.537. The average Bonchev–Trinajstić information content (AvgIpc) is 2.61. The van der Waals surface area contributed by atoms with Gasteiger partial charge in [0, 0.05) is 41.8 Å². The fourth-order valence-electron chi connectivity index (χ4n) is 2.47. The van der Waals surface area contributed by atoms with Crippen LogP contribution in [0.4, 0.5) is 0 Å². The monoisotopic (exact) mass is 486 g/mol. The summed E-state index contributed by atoms with van der Waals surface area (Å²) in [6.07, 6.45) is 2.69. The summed E-state index contributed by atoms with van der Waals surface area (Å²) in [5.74, 6) is 0.834. The first-order valence-corrected chi connectivity index (χ1v) is 9.07. The van der Waals surface area contributed by atoms with Gasteiger partial charge in [0.15, 0.2) is 5.96 Å². The van der Waals surface area contributed by atoms with Gasteiger partial charge in [-0.15, -0.1) is 24.0 Å². The summed E-state index contributed by atoms with van der Waals surface area (Å²) in [7, 11) is 0. The molecule has 0 saturated carbocycles. The van der Waals surface area contributed by atoms with Gasteiger partial charge in [-0.1, -0.05) is 43.6 Å². The van der Waals surface area contributed by atoms with Crippen LogP contribution in [-0.2, 0) is 11.8 Å². The zero-order chi connectivity index (χ0) is 18.1. The van der Waals surface area contributed by atoms with Crippen molar-refractivity contribution in [1.82, 2.24) is 15.6 Å². The molecule has 2 N–H and O–H groups in total. The van der Waals surface area contributed by atoms with Gasteiger partial charge in [0.1, 0.15) is 0 Å². The zero-order valence-corrected chi connectivity index (χ0v) is 18.7. The van der Waals surface area contributed by atoms with Crippen LogP contribution in [0.5, 0.6) is 0 Å². The molecule has 0 fully saturated rings. The minimum absolute atomic E-state index is 0. The molecule has 0 radical (unpaired) electrons. The predicted octanol–water partition coefficient (Wildman–Crippen LogP) is 4.43. The van der Waals surface area contributed by atoms with Crippen LogP contribution in [0.15, 0.2) is 53.7 Å². The molecule has 0 spiro atoms. The van der Waals surface area contributed by atoms with Crippen molar-refractivity contribution in [3.63, 3.8) is 0 Å². The minimum atomic E-state index is -0.0616. The zero-order valence-electron chi connectivity index (χ0n) is 15.6. The third kappa shape index (κ3) is 7.50.